The van der Waals surface area contributed by atoms with E-state index in [9.17, 15) is 26.4 Å². The molecule has 3 rings (SSSR count). The minimum Gasteiger partial charge on any atom is -0.399 e. The maximum absolute atomic E-state index is 12.8. The molecule has 28 heavy (non-hydrogen) atoms. The molecule has 3 aromatic rings. The second-order valence-electron chi connectivity index (χ2n) is 5.50. The van der Waals surface area contributed by atoms with E-state index in [1.807, 2.05) is 4.98 Å². The van der Waals surface area contributed by atoms with Crippen LogP contribution in [0.2, 0.25) is 5.02 Å². The second-order valence-corrected chi connectivity index (χ2v) is 9.18. The maximum Gasteiger partial charge on any atom is 0.343 e. The quantitative estimate of drug-likeness (QED) is 0.380. The molecule has 1 heterocycles. The number of anilines is 1. The largest absolute Gasteiger partial charge is 0.399 e. The zero-order valence-corrected chi connectivity index (χ0v) is 16.5. The van der Waals surface area contributed by atoms with Crippen LogP contribution in [0.1, 0.15) is 0 Å². The Morgan fingerprint density at radius 1 is 1.07 bits per heavy atom. The minimum atomic E-state index is -4.26. The standard InChI is InChI=1S/C14H10ClN3O4S.CH4O3S/c15-8-4-5-11-12(6-8)18(14(20)17-13(11)19)23(21,22)10-3-1-2-9(16)7-10;1-5(2,3)4/h1-7H,16H2,(H,17,19,20);1H3,(H,2,3,4). The predicted octanol–water partition coefficient (Wildman–Crippen LogP) is 0.666. The van der Waals surface area contributed by atoms with Gasteiger partial charge >= 0.3 is 5.69 Å². The van der Waals surface area contributed by atoms with Gasteiger partial charge in [-0.1, -0.05) is 17.7 Å². The molecule has 1 aromatic heterocycles. The van der Waals surface area contributed by atoms with Crippen LogP contribution in [-0.4, -0.2) is 36.6 Å². The van der Waals surface area contributed by atoms with Crippen molar-refractivity contribution >= 4 is 48.3 Å². The molecule has 150 valence electrons. The normalized spacial score (nSPS) is 11.7. The van der Waals surface area contributed by atoms with E-state index in [0.717, 1.165) is 0 Å². The topological polar surface area (TPSA) is 169 Å². The van der Waals surface area contributed by atoms with Gasteiger partial charge in [-0.2, -0.15) is 12.4 Å². The average molecular weight is 448 g/mol. The Kier molecular flexibility index (Phi) is 5.99. The van der Waals surface area contributed by atoms with Crippen molar-refractivity contribution in [2.45, 2.75) is 4.90 Å². The SMILES string of the molecule is CS(=O)(=O)O.Nc1cccc(S(=O)(=O)n2c(=O)[nH]c(=O)c3ccc(Cl)cc32)c1. The summed E-state index contributed by atoms with van der Waals surface area (Å²) in [7, 11) is -7.92. The molecule has 0 amide bonds. The fourth-order valence-electron chi connectivity index (χ4n) is 2.21. The van der Waals surface area contributed by atoms with Crippen LogP contribution in [0.15, 0.2) is 56.9 Å². The van der Waals surface area contributed by atoms with Crippen LogP contribution in [0.3, 0.4) is 0 Å². The van der Waals surface area contributed by atoms with Crippen molar-refractivity contribution in [3.63, 3.8) is 0 Å². The number of benzene rings is 2. The summed E-state index contributed by atoms with van der Waals surface area (Å²) >= 11 is 5.87. The fourth-order valence-corrected chi connectivity index (χ4v) is 3.80. The Hall–Kier alpha value is -2.67. The Morgan fingerprint density at radius 2 is 1.68 bits per heavy atom. The number of aromatic amines is 1. The summed E-state index contributed by atoms with van der Waals surface area (Å²) in [6.45, 7) is 0. The summed E-state index contributed by atoms with van der Waals surface area (Å²) in [6, 6.07) is 9.53. The van der Waals surface area contributed by atoms with Crippen LogP contribution in [0.25, 0.3) is 10.9 Å². The van der Waals surface area contributed by atoms with Crippen molar-refractivity contribution in [1.82, 2.24) is 8.96 Å². The lowest BCUT2D eigenvalue weighted by atomic mass is 10.2. The summed E-state index contributed by atoms with van der Waals surface area (Å²) in [6.07, 6.45) is 0.715. The van der Waals surface area contributed by atoms with Gasteiger partial charge in [0.2, 0.25) is 0 Å². The molecular formula is C15H14ClN3O7S2. The van der Waals surface area contributed by atoms with Crippen molar-refractivity contribution in [2.75, 3.05) is 12.0 Å². The minimum absolute atomic E-state index is 0.0291. The summed E-state index contributed by atoms with van der Waals surface area (Å²) in [5.74, 6) is 0. The molecule has 0 saturated carbocycles. The maximum atomic E-state index is 12.8. The lowest BCUT2D eigenvalue weighted by molar-refractivity contribution is 0.490. The Morgan fingerprint density at radius 3 is 2.25 bits per heavy atom. The van der Waals surface area contributed by atoms with Gasteiger partial charge in [-0.25, -0.2) is 13.2 Å². The van der Waals surface area contributed by atoms with Gasteiger partial charge in [-0.15, -0.1) is 0 Å². The van der Waals surface area contributed by atoms with Crippen LogP contribution < -0.4 is 17.0 Å². The molecule has 0 atom stereocenters. The lowest BCUT2D eigenvalue weighted by Crippen LogP contribution is -2.34. The molecule has 0 aliphatic heterocycles. The van der Waals surface area contributed by atoms with Gasteiger partial charge in [-0.05, 0) is 36.4 Å². The van der Waals surface area contributed by atoms with Crippen molar-refractivity contribution in [3.8, 4) is 0 Å². The molecule has 0 aliphatic carbocycles. The Labute approximate surface area is 164 Å². The van der Waals surface area contributed by atoms with E-state index < -0.39 is 31.4 Å². The van der Waals surface area contributed by atoms with Crippen LogP contribution in [0.4, 0.5) is 5.69 Å². The van der Waals surface area contributed by atoms with Crippen molar-refractivity contribution in [3.05, 3.63) is 68.3 Å². The zero-order valence-electron chi connectivity index (χ0n) is 14.2. The number of nitrogen functional groups attached to an aromatic ring is 1. The molecule has 0 unspecified atom stereocenters. The van der Waals surface area contributed by atoms with Gasteiger partial charge < -0.3 is 5.73 Å². The third-order valence-electron chi connectivity index (χ3n) is 3.22. The van der Waals surface area contributed by atoms with Gasteiger partial charge in [0.1, 0.15) is 0 Å². The first kappa shape index (κ1) is 21.6. The van der Waals surface area contributed by atoms with E-state index in [-0.39, 0.29) is 26.5 Å². The molecular weight excluding hydrogens is 434 g/mol. The van der Waals surface area contributed by atoms with Gasteiger partial charge in [-0.3, -0.25) is 14.3 Å². The molecule has 10 nitrogen and oxygen atoms in total. The number of fused-ring (bicyclic) bond motifs is 1. The van der Waals surface area contributed by atoms with Crippen LogP contribution in [0.5, 0.6) is 0 Å². The first-order chi connectivity index (χ1) is 12.8. The van der Waals surface area contributed by atoms with E-state index in [4.69, 9.17) is 21.9 Å². The smallest absolute Gasteiger partial charge is 0.343 e. The predicted molar refractivity (Wildman–Crippen MR) is 105 cm³/mol. The molecule has 4 N–H and O–H groups in total. The van der Waals surface area contributed by atoms with E-state index in [1.165, 1.54) is 42.5 Å². The zero-order chi connectivity index (χ0) is 21.3. The molecule has 0 radical (unpaired) electrons. The number of aromatic nitrogens is 2. The van der Waals surface area contributed by atoms with Crippen LogP contribution in [0, 0.1) is 0 Å². The first-order valence-electron chi connectivity index (χ1n) is 7.29. The van der Waals surface area contributed by atoms with E-state index in [2.05, 4.69) is 0 Å². The summed E-state index contributed by atoms with van der Waals surface area (Å²) in [5, 5.41) is 0.223. The highest BCUT2D eigenvalue weighted by Gasteiger charge is 2.22. The average Bonchev–Trinajstić information content (AvgIpc) is 2.52. The second kappa shape index (κ2) is 7.75. The number of hydrogen-bond acceptors (Lipinski definition) is 7. The van der Waals surface area contributed by atoms with Gasteiger partial charge in [0.05, 0.1) is 22.1 Å². The van der Waals surface area contributed by atoms with Gasteiger partial charge in [0.15, 0.2) is 0 Å². The van der Waals surface area contributed by atoms with Gasteiger partial charge in [0, 0.05) is 10.7 Å². The highest BCUT2D eigenvalue weighted by molar-refractivity contribution is 7.90. The fraction of sp³-hybridized carbons (Fsp3) is 0.0667. The lowest BCUT2D eigenvalue weighted by Gasteiger charge is -2.11. The Bertz CT molecular complexity index is 1370. The van der Waals surface area contributed by atoms with Crippen LogP contribution >= 0.6 is 11.6 Å². The number of rotatable bonds is 2. The van der Waals surface area contributed by atoms with Crippen LogP contribution in [-0.2, 0) is 20.1 Å². The third kappa shape index (κ3) is 4.98. The number of nitrogens with one attached hydrogen (secondary N) is 1. The van der Waals surface area contributed by atoms with Crippen molar-refractivity contribution < 1.29 is 21.4 Å². The van der Waals surface area contributed by atoms with Crippen molar-refractivity contribution in [1.29, 1.82) is 0 Å². The number of nitrogens with two attached hydrogens (primary N) is 1. The molecule has 13 heteroatoms. The first-order valence-corrected chi connectivity index (χ1v) is 11.0. The summed E-state index contributed by atoms with van der Waals surface area (Å²) in [4.78, 5) is 25.8. The molecule has 0 aliphatic rings. The molecule has 2 aromatic carbocycles. The monoisotopic (exact) mass is 447 g/mol. The summed E-state index contributed by atoms with van der Waals surface area (Å²) < 4.78 is 51.9. The number of nitrogens with zero attached hydrogens (tertiary/aromatic N) is 1. The molecule has 0 saturated heterocycles. The van der Waals surface area contributed by atoms with Crippen molar-refractivity contribution in [2.24, 2.45) is 0 Å². The van der Waals surface area contributed by atoms with E-state index >= 15 is 0 Å². The highest BCUT2D eigenvalue weighted by Crippen LogP contribution is 2.21. The van der Waals surface area contributed by atoms with E-state index in [1.54, 1.807) is 0 Å². The van der Waals surface area contributed by atoms with E-state index in [0.29, 0.717) is 10.2 Å². The van der Waals surface area contributed by atoms with Gasteiger partial charge in [0.25, 0.3) is 25.7 Å². The third-order valence-corrected chi connectivity index (χ3v) is 5.15. The number of halogens is 1. The Balaban J connectivity index is 0.000000500. The molecule has 0 fully saturated rings. The molecule has 0 bridgehead atoms. The highest BCUT2D eigenvalue weighted by atomic mass is 35.5. The molecule has 0 spiro atoms. The number of hydrogen-bond donors (Lipinski definition) is 3. The number of H-pyrrole nitrogens is 1. The summed E-state index contributed by atoms with van der Waals surface area (Å²) in [5.41, 5.74) is 3.96.